The van der Waals surface area contributed by atoms with Crippen LogP contribution in [0.1, 0.15) is 38.4 Å². The summed E-state index contributed by atoms with van der Waals surface area (Å²) in [6.45, 7) is 4.39. The largest absolute Gasteiger partial charge is 0.387 e. The third-order valence-electron chi connectivity index (χ3n) is 2.91. The van der Waals surface area contributed by atoms with Crippen LogP contribution in [0.5, 0.6) is 0 Å². The Labute approximate surface area is 103 Å². The van der Waals surface area contributed by atoms with Gasteiger partial charge in [0.1, 0.15) is 0 Å². The van der Waals surface area contributed by atoms with Gasteiger partial charge in [0.15, 0.2) is 0 Å². The molecule has 1 amide bonds. The summed E-state index contributed by atoms with van der Waals surface area (Å²) in [6.07, 6.45) is 0.893. The average Bonchev–Trinajstić information content (AvgIpc) is 2.36. The summed E-state index contributed by atoms with van der Waals surface area (Å²) in [6, 6.07) is 9.35. The van der Waals surface area contributed by atoms with E-state index in [9.17, 15) is 9.90 Å². The molecule has 0 aliphatic heterocycles. The van der Waals surface area contributed by atoms with Crippen LogP contribution in [-0.4, -0.2) is 17.6 Å². The number of aliphatic hydroxyl groups excluding tert-OH is 1. The van der Waals surface area contributed by atoms with Gasteiger partial charge in [0, 0.05) is 13.0 Å². The van der Waals surface area contributed by atoms with Crippen molar-refractivity contribution >= 4 is 5.91 Å². The van der Waals surface area contributed by atoms with Crippen LogP contribution in [0.4, 0.5) is 0 Å². The molecule has 0 heterocycles. The molecule has 2 unspecified atom stereocenters. The van der Waals surface area contributed by atoms with Crippen LogP contribution in [0.25, 0.3) is 0 Å². The molecule has 0 aliphatic carbocycles. The highest BCUT2D eigenvalue weighted by atomic mass is 16.3. The van der Waals surface area contributed by atoms with Crippen LogP contribution in [0.15, 0.2) is 30.3 Å². The molecular weight excluding hydrogens is 214 g/mol. The van der Waals surface area contributed by atoms with Crippen LogP contribution < -0.4 is 5.32 Å². The van der Waals surface area contributed by atoms with Gasteiger partial charge < -0.3 is 10.4 Å². The molecule has 3 heteroatoms. The van der Waals surface area contributed by atoms with Crippen LogP contribution in [-0.2, 0) is 4.79 Å². The molecule has 3 nitrogen and oxygen atoms in total. The van der Waals surface area contributed by atoms with E-state index in [0.717, 1.165) is 12.0 Å². The van der Waals surface area contributed by atoms with Crippen LogP contribution in [0.2, 0.25) is 0 Å². The summed E-state index contributed by atoms with van der Waals surface area (Å²) >= 11 is 0. The van der Waals surface area contributed by atoms with E-state index in [4.69, 9.17) is 0 Å². The van der Waals surface area contributed by atoms with Crippen molar-refractivity contribution in [1.29, 1.82) is 0 Å². The summed E-state index contributed by atoms with van der Waals surface area (Å²) in [5, 5.41) is 12.6. The van der Waals surface area contributed by atoms with Crippen LogP contribution >= 0.6 is 0 Å². The van der Waals surface area contributed by atoms with Gasteiger partial charge in [0.25, 0.3) is 0 Å². The van der Waals surface area contributed by atoms with Crippen molar-refractivity contribution in [1.82, 2.24) is 5.32 Å². The fraction of sp³-hybridized carbons (Fsp3) is 0.500. The third-order valence-corrected chi connectivity index (χ3v) is 2.91. The van der Waals surface area contributed by atoms with Crippen LogP contribution in [0, 0.1) is 5.92 Å². The zero-order valence-corrected chi connectivity index (χ0v) is 10.5. The molecule has 1 aromatic rings. The molecule has 1 rings (SSSR count). The molecule has 0 bridgehead atoms. The molecule has 0 radical (unpaired) electrons. The molecule has 0 saturated heterocycles. The molecule has 17 heavy (non-hydrogen) atoms. The lowest BCUT2D eigenvalue weighted by Crippen LogP contribution is -2.29. The number of benzene rings is 1. The van der Waals surface area contributed by atoms with E-state index in [1.807, 2.05) is 37.3 Å². The van der Waals surface area contributed by atoms with Crippen molar-refractivity contribution in [2.24, 2.45) is 5.92 Å². The lowest BCUT2D eigenvalue weighted by atomic mass is 10.0. The van der Waals surface area contributed by atoms with Crippen LogP contribution in [0.3, 0.4) is 0 Å². The van der Waals surface area contributed by atoms with Gasteiger partial charge in [0.2, 0.25) is 5.91 Å². The zero-order chi connectivity index (χ0) is 12.7. The highest BCUT2D eigenvalue weighted by Crippen LogP contribution is 2.11. The second-order valence-electron chi connectivity index (χ2n) is 4.45. The monoisotopic (exact) mass is 235 g/mol. The molecule has 1 aromatic carbocycles. The minimum Gasteiger partial charge on any atom is -0.387 e. The predicted molar refractivity (Wildman–Crippen MR) is 68.5 cm³/mol. The second-order valence-corrected chi connectivity index (χ2v) is 4.45. The topological polar surface area (TPSA) is 49.3 Å². The molecule has 2 atom stereocenters. The maximum Gasteiger partial charge on any atom is 0.220 e. The molecular formula is C14H21NO2. The Balaban J connectivity index is 2.33. The Hall–Kier alpha value is -1.35. The summed E-state index contributed by atoms with van der Waals surface area (Å²) in [5.41, 5.74) is 0.830. The SMILES string of the molecule is CCC(C)CC(=O)NCC(O)c1ccccc1. The zero-order valence-electron chi connectivity index (χ0n) is 10.5. The highest BCUT2D eigenvalue weighted by Gasteiger charge is 2.10. The van der Waals surface area contributed by atoms with Crippen molar-refractivity contribution in [2.45, 2.75) is 32.8 Å². The first-order valence-electron chi connectivity index (χ1n) is 6.13. The van der Waals surface area contributed by atoms with Crippen molar-refractivity contribution in [2.75, 3.05) is 6.54 Å². The number of rotatable bonds is 6. The first-order valence-corrected chi connectivity index (χ1v) is 6.13. The molecule has 2 N–H and O–H groups in total. The number of carbonyl (C=O) groups is 1. The van der Waals surface area contributed by atoms with Gasteiger partial charge in [-0.1, -0.05) is 50.6 Å². The third kappa shape index (κ3) is 5.00. The van der Waals surface area contributed by atoms with E-state index >= 15 is 0 Å². The van der Waals surface area contributed by atoms with Crippen molar-refractivity contribution in [3.63, 3.8) is 0 Å². The Morgan fingerprint density at radius 3 is 2.59 bits per heavy atom. The minimum absolute atomic E-state index is 0.00864. The first kappa shape index (κ1) is 13.7. The fourth-order valence-electron chi connectivity index (χ4n) is 1.54. The Morgan fingerprint density at radius 2 is 2.00 bits per heavy atom. The number of aliphatic hydroxyl groups is 1. The van der Waals surface area contributed by atoms with E-state index in [1.54, 1.807) is 0 Å². The minimum atomic E-state index is -0.628. The summed E-state index contributed by atoms with van der Waals surface area (Å²) in [7, 11) is 0. The quantitative estimate of drug-likeness (QED) is 0.794. The molecule has 0 spiro atoms. The van der Waals surface area contributed by atoms with Crippen molar-refractivity contribution in [3.05, 3.63) is 35.9 Å². The molecule has 0 saturated carbocycles. The van der Waals surface area contributed by atoms with Crippen molar-refractivity contribution < 1.29 is 9.90 Å². The van der Waals surface area contributed by atoms with E-state index in [2.05, 4.69) is 12.2 Å². The normalized spacial score (nSPS) is 14.1. The lowest BCUT2D eigenvalue weighted by Gasteiger charge is -2.13. The van der Waals surface area contributed by atoms with E-state index < -0.39 is 6.10 Å². The Bertz CT molecular complexity index is 337. The Kier molecular flexibility index (Phi) is 5.70. The van der Waals surface area contributed by atoms with E-state index in [-0.39, 0.29) is 12.5 Å². The summed E-state index contributed by atoms with van der Waals surface area (Å²) in [5.74, 6) is 0.401. The molecule has 94 valence electrons. The fourth-order valence-corrected chi connectivity index (χ4v) is 1.54. The van der Waals surface area contributed by atoms with Gasteiger partial charge in [-0.05, 0) is 11.5 Å². The van der Waals surface area contributed by atoms with E-state index in [1.165, 1.54) is 0 Å². The summed E-state index contributed by atoms with van der Waals surface area (Å²) < 4.78 is 0. The maximum absolute atomic E-state index is 11.5. The lowest BCUT2D eigenvalue weighted by molar-refractivity contribution is -0.122. The number of carbonyl (C=O) groups excluding carboxylic acids is 1. The van der Waals surface area contributed by atoms with Gasteiger partial charge >= 0.3 is 0 Å². The number of nitrogens with one attached hydrogen (secondary N) is 1. The first-order chi connectivity index (χ1) is 8.13. The smallest absolute Gasteiger partial charge is 0.220 e. The molecule has 0 fully saturated rings. The van der Waals surface area contributed by atoms with Gasteiger partial charge in [0.05, 0.1) is 6.10 Å². The van der Waals surface area contributed by atoms with Crippen molar-refractivity contribution in [3.8, 4) is 0 Å². The Morgan fingerprint density at radius 1 is 1.35 bits per heavy atom. The number of hydrogen-bond acceptors (Lipinski definition) is 2. The molecule has 0 aliphatic rings. The van der Waals surface area contributed by atoms with Gasteiger partial charge in [-0.3, -0.25) is 4.79 Å². The van der Waals surface area contributed by atoms with E-state index in [0.29, 0.717) is 12.3 Å². The second kappa shape index (κ2) is 7.07. The predicted octanol–water partition coefficient (Wildman–Crippen LogP) is 2.27. The molecule has 0 aromatic heterocycles. The summed E-state index contributed by atoms with van der Waals surface area (Å²) in [4.78, 5) is 11.5. The standard InChI is InChI=1S/C14H21NO2/c1-3-11(2)9-14(17)15-10-13(16)12-7-5-4-6-8-12/h4-8,11,13,16H,3,9-10H2,1-2H3,(H,15,17). The maximum atomic E-state index is 11.5. The van der Waals surface area contributed by atoms with Gasteiger partial charge in [-0.15, -0.1) is 0 Å². The van der Waals surface area contributed by atoms with Gasteiger partial charge in [-0.2, -0.15) is 0 Å². The highest BCUT2D eigenvalue weighted by molar-refractivity contribution is 5.76. The average molecular weight is 235 g/mol. The number of hydrogen-bond donors (Lipinski definition) is 2. The van der Waals surface area contributed by atoms with Gasteiger partial charge in [-0.25, -0.2) is 0 Å². The number of amides is 1.